The number of nitrogens with one attached hydrogen (secondary N) is 2. The van der Waals surface area contributed by atoms with Gasteiger partial charge in [0.05, 0.1) is 10.6 Å². The molecule has 7 heteroatoms. The standard InChI is InChI=1S/C20H27N3O2S.HI/c1-21-20(22-15-8-12-18-10-4-2-5-11-18)23-16-9-17-26(24,25)19-13-6-3-7-14-19;/h2-7,10-11,13-14H,8-9,12,15-17H2,1H3,(H2,21,22,23);1H. The molecule has 0 amide bonds. The largest absolute Gasteiger partial charge is 0.356 e. The van der Waals surface area contributed by atoms with E-state index >= 15 is 0 Å². The number of hydrogen-bond donors (Lipinski definition) is 2. The average Bonchev–Trinajstić information content (AvgIpc) is 2.68. The van der Waals surface area contributed by atoms with Crippen LogP contribution in [-0.2, 0) is 16.3 Å². The highest BCUT2D eigenvalue weighted by atomic mass is 127. The minimum absolute atomic E-state index is 0. The third-order valence-corrected chi connectivity index (χ3v) is 5.80. The van der Waals surface area contributed by atoms with Crippen molar-refractivity contribution in [1.82, 2.24) is 10.6 Å². The summed E-state index contributed by atoms with van der Waals surface area (Å²) >= 11 is 0. The van der Waals surface area contributed by atoms with Crippen molar-refractivity contribution in [2.45, 2.75) is 24.2 Å². The Morgan fingerprint density at radius 2 is 1.44 bits per heavy atom. The molecule has 0 atom stereocenters. The number of halogens is 1. The van der Waals surface area contributed by atoms with Crippen LogP contribution in [0.25, 0.3) is 0 Å². The van der Waals surface area contributed by atoms with E-state index in [1.54, 1.807) is 31.3 Å². The Morgan fingerprint density at radius 1 is 0.889 bits per heavy atom. The smallest absolute Gasteiger partial charge is 0.190 e. The van der Waals surface area contributed by atoms with Crippen molar-refractivity contribution in [3.05, 3.63) is 66.2 Å². The van der Waals surface area contributed by atoms with Crippen LogP contribution in [0.5, 0.6) is 0 Å². The van der Waals surface area contributed by atoms with Crippen LogP contribution < -0.4 is 10.6 Å². The second kappa shape index (κ2) is 12.7. The van der Waals surface area contributed by atoms with Gasteiger partial charge in [0.1, 0.15) is 0 Å². The van der Waals surface area contributed by atoms with E-state index in [9.17, 15) is 8.42 Å². The number of hydrogen-bond acceptors (Lipinski definition) is 3. The van der Waals surface area contributed by atoms with Crippen molar-refractivity contribution in [1.29, 1.82) is 0 Å². The van der Waals surface area contributed by atoms with Crippen LogP contribution in [0.3, 0.4) is 0 Å². The highest BCUT2D eigenvalue weighted by Crippen LogP contribution is 2.10. The molecule has 5 nitrogen and oxygen atoms in total. The van der Waals surface area contributed by atoms with Crippen molar-refractivity contribution in [3.8, 4) is 0 Å². The Morgan fingerprint density at radius 3 is 2.04 bits per heavy atom. The van der Waals surface area contributed by atoms with Gasteiger partial charge in [0.25, 0.3) is 0 Å². The number of aryl methyl sites for hydroxylation is 1. The number of benzene rings is 2. The Labute approximate surface area is 179 Å². The van der Waals surface area contributed by atoms with Gasteiger partial charge in [0.15, 0.2) is 15.8 Å². The molecule has 2 rings (SSSR count). The summed E-state index contributed by atoms with van der Waals surface area (Å²) in [6.45, 7) is 1.38. The van der Waals surface area contributed by atoms with Gasteiger partial charge in [-0.1, -0.05) is 48.5 Å². The van der Waals surface area contributed by atoms with Gasteiger partial charge in [-0.05, 0) is 37.0 Å². The molecule has 2 aromatic carbocycles. The van der Waals surface area contributed by atoms with Crippen LogP contribution in [0.4, 0.5) is 0 Å². The molecule has 0 saturated carbocycles. The van der Waals surface area contributed by atoms with Crippen LogP contribution >= 0.6 is 24.0 Å². The molecule has 0 spiro atoms. The lowest BCUT2D eigenvalue weighted by molar-refractivity contribution is 0.592. The quantitative estimate of drug-likeness (QED) is 0.240. The third-order valence-electron chi connectivity index (χ3n) is 3.99. The van der Waals surface area contributed by atoms with E-state index in [0.29, 0.717) is 23.8 Å². The number of guanidine groups is 1. The highest BCUT2D eigenvalue weighted by Gasteiger charge is 2.13. The van der Waals surface area contributed by atoms with Gasteiger partial charge in [-0.3, -0.25) is 4.99 Å². The monoisotopic (exact) mass is 501 g/mol. The molecule has 0 heterocycles. The Bertz CT molecular complexity index is 781. The van der Waals surface area contributed by atoms with E-state index in [0.717, 1.165) is 19.4 Å². The summed E-state index contributed by atoms with van der Waals surface area (Å²) in [7, 11) is -1.50. The summed E-state index contributed by atoms with van der Waals surface area (Å²) < 4.78 is 24.4. The van der Waals surface area contributed by atoms with Gasteiger partial charge < -0.3 is 10.6 Å². The van der Waals surface area contributed by atoms with Gasteiger partial charge in [0, 0.05) is 20.1 Å². The van der Waals surface area contributed by atoms with Crippen LogP contribution in [-0.4, -0.2) is 40.3 Å². The lowest BCUT2D eigenvalue weighted by Crippen LogP contribution is -2.38. The van der Waals surface area contributed by atoms with Gasteiger partial charge >= 0.3 is 0 Å². The van der Waals surface area contributed by atoms with Gasteiger partial charge in [-0.15, -0.1) is 24.0 Å². The Hall–Kier alpha value is -1.61. The first-order valence-corrected chi connectivity index (χ1v) is 10.5. The van der Waals surface area contributed by atoms with Crippen molar-refractivity contribution < 1.29 is 8.42 Å². The molecule has 2 aromatic rings. The fourth-order valence-corrected chi connectivity index (χ4v) is 3.91. The number of rotatable bonds is 9. The summed E-state index contributed by atoms with van der Waals surface area (Å²) in [4.78, 5) is 4.55. The van der Waals surface area contributed by atoms with Crippen LogP contribution in [0.15, 0.2) is 70.6 Å². The summed E-state index contributed by atoms with van der Waals surface area (Å²) in [5.74, 6) is 0.824. The molecule has 0 fully saturated rings. The van der Waals surface area contributed by atoms with E-state index in [1.165, 1.54) is 5.56 Å². The lowest BCUT2D eigenvalue weighted by Gasteiger charge is -2.12. The normalized spacial score (nSPS) is 11.5. The van der Waals surface area contributed by atoms with Crippen molar-refractivity contribution in [2.24, 2.45) is 4.99 Å². The minimum Gasteiger partial charge on any atom is -0.356 e. The zero-order chi connectivity index (χ0) is 18.7. The fourth-order valence-electron chi connectivity index (χ4n) is 2.58. The summed E-state index contributed by atoms with van der Waals surface area (Å²) in [6.07, 6.45) is 2.55. The van der Waals surface area contributed by atoms with Crippen LogP contribution in [0.2, 0.25) is 0 Å². The zero-order valence-corrected chi connectivity index (χ0v) is 18.7. The molecular weight excluding hydrogens is 473 g/mol. The molecule has 0 unspecified atom stereocenters. The van der Waals surface area contributed by atoms with E-state index in [1.807, 2.05) is 24.3 Å². The van der Waals surface area contributed by atoms with Crippen molar-refractivity contribution >= 4 is 39.8 Å². The van der Waals surface area contributed by atoms with Gasteiger partial charge in [-0.2, -0.15) is 0 Å². The lowest BCUT2D eigenvalue weighted by atomic mass is 10.1. The molecule has 0 aliphatic rings. The maximum Gasteiger partial charge on any atom is 0.190 e. The Balaban J connectivity index is 0.00000364. The highest BCUT2D eigenvalue weighted by molar-refractivity contribution is 14.0. The van der Waals surface area contributed by atoms with E-state index in [-0.39, 0.29) is 29.7 Å². The summed E-state index contributed by atoms with van der Waals surface area (Å²) in [5, 5.41) is 6.43. The maximum atomic E-state index is 12.2. The Kier molecular flexibility index (Phi) is 11.0. The molecule has 0 saturated heterocycles. The topological polar surface area (TPSA) is 70.6 Å². The molecule has 27 heavy (non-hydrogen) atoms. The minimum atomic E-state index is -3.22. The first-order valence-electron chi connectivity index (χ1n) is 8.88. The molecule has 0 aromatic heterocycles. The van der Waals surface area contributed by atoms with Gasteiger partial charge in [-0.25, -0.2) is 8.42 Å². The SMILES string of the molecule is CN=C(NCCCc1ccccc1)NCCCS(=O)(=O)c1ccccc1.I. The molecule has 0 aliphatic carbocycles. The van der Waals surface area contributed by atoms with E-state index in [2.05, 4.69) is 27.8 Å². The summed E-state index contributed by atoms with van der Waals surface area (Å²) in [6, 6.07) is 18.9. The zero-order valence-electron chi connectivity index (χ0n) is 15.6. The first-order chi connectivity index (χ1) is 12.6. The maximum absolute atomic E-state index is 12.2. The molecule has 0 bridgehead atoms. The van der Waals surface area contributed by atoms with Crippen LogP contribution in [0.1, 0.15) is 18.4 Å². The van der Waals surface area contributed by atoms with E-state index < -0.39 is 9.84 Å². The predicted octanol–water partition coefficient (Wildman–Crippen LogP) is 3.27. The average molecular weight is 501 g/mol. The number of nitrogens with zero attached hydrogens (tertiary/aromatic N) is 1. The summed E-state index contributed by atoms with van der Waals surface area (Å²) in [5.41, 5.74) is 1.32. The van der Waals surface area contributed by atoms with Crippen molar-refractivity contribution in [2.75, 3.05) is 25.9 Å². The first kappa shape index (κ1) is 23.4. The van der Waals surface area contributed by atoms with Crippen LogP contribution in [0, 0.1) is 0 Å². The molecule has 2 N–H and O–H groups in total. The predicted molar refractivity (Wildman–Crippen MR) is 123 cm³/mol. The second-order valence-corrected chi connectivity index (χ2v) is 8.11. The molecule has 0 radical (unpaired) electrons. The third kappa shape index (κ3) is 8.75. The van der Waals surface area contributed by atoms with E-state index in [4.69, 9.17) is 0 Å². The second-order valence-electron chi connectivity index (χ2n) is 6.00. The molecule has 0 aliphatic heterocycles. The number of sulfone groups is 1. The molecule has 148 valence electrons. The van der Waals surface area contributed by atoms with Gasteiger partial charge in [0.2, 0.25) is 0 Å². The fraction of sp³-hybridized carbons (Fsp3) is 0.350. The molecular formula is C20H28IN3O2S. The number of aliphatic imine (C=N–C) groups is 1. The van der Waals surface area contributed by atoms with Crippen molar-refractivity contribution in [3.63, 3.8) is 0 Å².